The van der Waals surface area contributed by atoms with Crippen molar-refractivity contribution < 1.29 is 0 Å². The van der Waals surface area contributed by atoms with Crippen molar-refractivity contribution in [1.29, 1.82) is 0 Å². The molecule has 0 aliphatic rings. The van der Waals surface area contributed by atoms with Crippen molar-refractivity contribution in [3.63, 3.8) is 0 Å². The number of hydrogen-bond acceptors (Lipinski definition) is 2. The summed E-state index contributed by atoms with van der Waals surface area (Å²) in [6.45, 7) is 5.08. The van der Waals surface area contributed by atoms with Crippen molar-refractivity contribution in [2.75, 3.05) is 6.26 Å². The van der Waals surface area contributed by atoms with Crippen LogP contribution in [0.4, 0.5) is 0 Å². The van der Waals surface area contributed by atoms with E-state index in [4.69, 9.17) is 12.2 Å². The summed E-state index contributed by atoms with van der Waals surface area (Å²) in [7, 11) is 2.03. The molecule has 0 atom stereocenters. The van der Waals surface area contributed by atoms with E-state index in [2.05, 4.69) is 65.7 Å². The fourth-order valence-electron chi connectivity index (χ4n) is 2.34. The lowest BCUT2D eigenvalue weighted by atomic mass is 10.2. The zero-order chi connectivity index (χ0) is 14.7. The molecule has 0 aliphatic carbocycles. The first-order chi connectivity index (χ1) is 9.62. The SMILES string of the molecule is CC=c1/c(=C\c2ccc(SC)cc2)n(C)c(=S)n1CC. The molecule has 2 aromatic rings. The minimum absolute atomic E-state index is 0.868. The molecule has 0 aliphatic heterocycles. The molecule has 106 valence electrons. The Kier molecular flexibility index (Phi) is 4.89. The van der Waals surface area contributed by atoms with Crippen molar-refractivity contribution in [3.8, 4) is 0 Å². The van der Waals surface area contributed by atoms with Gasteiger partial charge in [0.2, 0.25) is 0 Å². The second kappa shape index (κ2) is 6.46. The molecule has 2 rings (SSSR count). The minimum Gasteiger partial charge on any atom is -0.320 e. The zero-order valence-electron chi connectivity index (χ0n) is 12.4. The van der Waals surface area contributed by atoms with Crippen LogP contribution in [-0.4, -0.2) is 15.4 Å². The average molecular weight is 304 g/mol. The Morgan fingerprint density at radius 3 is 2.35 bits per heavy atom. The van der Waals surface area contributed by atoms with E-state index in [0.717, 1.165) is 16.7 Å². The summed E-state index contributed by atoms with van der Waals surface area (Å²) in [6, 6.07) is 8.60. The van der Waals surface area contributed by atoms with Gasteiger partial charge in [0.05, 0.1) is 10.7 Å². The molecule has 1 aromatic carbocycles. The van der Waals surface area contributed by atoms with Gasteiger partial charge in [-0.2, -0.15) is 0 Å². The van der Waals surface area contributed by atoms with Crippen LogP contribution in [0, 0.1) is 4.77 Å². The lowest BCUT2D eigenvalue weighted by Gasteiger charge is -1.97. The van der Waals surface area contributed by atoms with Gasteiger partial charge in [-0.25, -0.2) is 0 Å². The summed E-state index contributed by atoms with van der Waals surface area (Å²) >= 11 is 7.26. The number of imidazole rings is 1. The molecule has 0 unspecified atom stereocenters. The standard InChI is InChI=1S/C16H20N2S2/c1-5-14-15(17(3)16(19)18(14)6-2)11-12-7-9-13(20-4)10-8-12/h5,7-11H,6H2,1-4H3/b14-5?,15-11+. The van der Waals surface area contributed by atoms with Crippen LogP contribution in [0.1, 0.15) is 19.4 Å². The quantitative estimate of drug-likeness (QED) is 0.637. The third kappa shape index (κ3) is 2.76. The van der Waals surface area contributed by atoms with Gasteiger partial charge in [0.15, 0.2) is 4.77 Å². The third-order valence-electron chi connectivity index (χ3n) is 3.44. The van der Waals surface area contributed by atoms with E-state index in [1.807, 2.05) is 7.05 Å². The molecule has 0 amide bonds. The summed E-state index contributed by atoms with van der Waals surface area (Å²) in [4.78, 5) is 1.28. The molecule has 0 radical (unpaired) electrons. The van der Waals surface area contributed by atoms with Gasteiger partial charge in [0.25, 0.3) is 0 Å². The second-order valence-corrected chi connectivity index (χ2v) is 5.81. The highest BCUT2D eigenvalue weighted by Crippen LogP contribution is 2.14. The van der Waals surface area contributed by atoms with Crippen LogP contribution < -0.4 is 10.7 Å². The van der Waals surface area contributed by atoms with Crippen molar-refractivity contribution in [1.82, 2.24) is 9.13 Å². The first-order valence-corrected chi connectivity index (χ1v) is 8.33. The van der Waals surface area contributed by atoms with Crippen molar-refractivity contribution >= 4 is 36.1 Å². The number of benzene rings is 1. The first kappa shape index (κ1) is 15.1. The Hall–Kier alpha value is -1.26. The van der Waals surface area contributed by atoms with Crippen LogP contribution in [0.15, 0.2) is 29.2 Å². The molecule has 2 nitrogen and oxygen atoms in total. The molecule has 0 saturated carbocycles. The van der Waals surface area contributed by atoms with Crippen LogP contribution >= 0.6 is 24.0 Å². The smallest absolute Gasteiger partial charge is 0.180 e. The molecule has 1 heterocycles. The van der Waals surface area contributed by atoms with Gasteiger partial charge < -0.3 is 9.13 Å². The average Bonchev–Trinajstić information content (AvgIpc) is 2.71. The van der Waals surface area contributed by atoms with E-state index in [9.17, 15) is 0 Å². The van der Waals surface area contributed by atoms with E-state index in [1.54, 1.807) is 11.8 Å². The van der Waals surface area contributed by atoms with Gasteiger partial charge in [-0.3, -0.25) is 0 Å². The molecule has 0 bridgehead atoms. The number of rotatable bonds is 3. The Morgan fingerprint density at radius 2 is 1.85 bits per heavy atom. The van der Waals surface area contributed by atoms with Crippen LogP contribution in [-0.2, 0) is 13.6 Å². The third-order valence-corrected chi connectivity index (χ3v) is 4.68. The van der Waals surface area contributed by atoms with Crippen molar-refractivity contribution in [2.24, 2.45) is 7.05 Å². The molecular weight excluding hydrogens is 284 g/mol. The van der Waals surface area contributed by atoms with Crippen molar-refractivity contribution in [3.05, 3.63) is 45.3 Å². The van der Waals surface area contributed by atoms with E-state index >= 15 is 0 Å². The summed E-state index contributed by atoms with van der Waals surface area (Å²) in [5, 5.41) is 2.35. The number of thioether (sulfide) groups is 1. The predicted octanol–water partition coefficient (Wildman–Crippen LogP) is 2.93. The van der Waals surface area contributed by atoms with Gasteiger partial charge in [-0.05, 0) is 56.1 Å². The van der Waals surface area contributed by atoms with E-state index in [0.29, 0.717) is 0 Å². The van der Waals surface area contributed by atoms with E-state index in [1.165, 1.54) is 15.8 Å². The molecule has 20 heavy (non-hydrogen) atoms. The molecular formula is C16H20N2S2. The Labute approximate surface area is 129 Å². The molecule has 4 heteroatoms. The monoisotopic (exact) mass is 304 g/mol. The van der Waals surface area contributed by atoms with Crippen LogP contribution in [0.2, 0.25) is 0 Å². The molecule has 0 fully saturated rings. The largest absolute Gasteiger partial charge is 0.320 e. The summed E-state index contributed by atoms with van der Waals surface area (Å²) in [5.41, 5.74) is 1.20. The molecule has 0 spiro atoms. The fraction of sp³-hybridized carbons (Fsp3) is 0.312. The number of hydrogen-bond donors (Lipinski definition) is 0. The second-order valence-electron chi connectivity index (χ2n) is 4.56. The lowest BCUT2D eigenvalue weighted by Crippen LogP contribution is -2.32. The normalized spacial score (nSPS) is 13.2. The topological polar surface area (TPSA) is 9.86 Å². The maximum atomic E-state index is 5.51. The highest BCUT2D eigenvalue weighted by atomic mass is 32.2. The maximum absolute atomic E-state index is 5.51. The van der Waals surface area contributed by atoms with Crippen LogP contribution in [0.5, 0.6) is 0 Å². The zero-order valence-corrected chi connectivity index (χ0v) is 14.0. The first-order valence-electron chi connectivity index (χ1n) is 6.70. The molecule has 0 N–H and O–H groups in total. The van der Waals surface area contributed by atoms with Gasteiger partial charge in [-0.15, -0.1) is 11.8 Å². The highest BCUT2D eigenvalue weighted by Gasteiger charge is 2.02. The summed E-state index contributed by atoms with van der Waals surface area (Å²) < 4.78 is 5.11. The Morgan fingerprint density at radius 1 is 1.20 bits per heavy atom. The Balaban J connectivity index is 2.68. The van der Waals surface area contributed by atoms with Gasteiger partial charge in [0.1, 0.15) is 0 Å². The highest BCUT2D eigenvalue weighted by molar-refractivity contribution is 7.98. The Bertz CT molecular complexity index is 765. The number of nitrogens with zero attached hydrogens (tertiary/aromatic N) is 2. The fourth-order valence-corrected chi connectivity index (χ4v) is 3.07. The lowest BCUT2D eigenvalue weighted by molar-refractivity contribution is 0.706. The van der Waals surface area contributed by atoms with Crippen LogP contribution in [0.3, 0.4) is 0 Å². The van der Waals surface area contributed by atoms with Gasteiger partial charge in [0, 0.05) is 18.5 Å². The number of aromatic nitrogens is 2. The van der Waals surface area contributed by atoms with E-state index < -0.39 is 0 Å². The van der Waals surface area contributed by atoms with Gasteiger partial charge >= 0.3 is 0 Å². The predicted molar refractivity (Wildman–Crippen MR) is 91.1 cm³/mol. The van der Waals surface area contributed by atoms with Gasteiger partial charge in [-0.1, -0.05) is 18.2 Å². The molecule has 0 saturated heterocycles. The molecule has 1 aromatic heterocycles. The minimum atomic E-state index is 0.868. The summed E-state index contributed by atoms with van der Waals surface area (Å²) in [6.07, 6.45) is 6.41. The van der Waals surface area contributed by atoms with E-state index in [-0.39, 0.29) is 0 Å². The van der Waals surface area contributed by atoms with Crippen molar-refractivity contribution in [2.45, 2.75) is 25.3 Å². The van der Waals surface area contributed by atoms with Crippen LogP contribution in [0.25, 0.3) is 12.2 Å². The maximum Gasteiger partial charge on any atom is 0.180 e. The summed E-state index contributed by atoms with van der Waals surface area (Å²) in [5.74, 6) is 0.